The van der Waals surface area contributed by atoms with E-state index in [1.807, 2.05) is 6.08 Å². The number of carbonyl (C=O) groups excluding carboxylic acids is 3. The van der Waals surface area contributed by atoms with Crippen LogP contribution >= 0.6 is 23.3 Å². The molecule has 0 aliphatic carbocycles. The Labute approximate surface area is 226 Å². The first-order valence-corrected chi connectivity index (χ1v) is 13.7. The van der Waals surface area contributed by atoms with Crippen molar-refractivity contribution in [3.63, 3.8) is 0 Å². The Morgan fingerprint density at radius 1 is 1.34 bits per heavy atom. The molecule has 1 aromatic heterocycles. The molecule has 0 unspecified atom stereocenters. The number of amides is 2. The Morgan fingerprint density at radius 3 is 2.71 bits per heavy atom. The number of carboxylic acid groups (broad SMARTS) is 1. The van der Waals surface area contributed by atoms with Crippen LogP contribution < -0.4 is 16.2 Å². The smallest absolute Gasteiger partial charge is 0.278 e. The molecule has 2 atom stereocenters. The van der Waals surface area contributed by atoms with Gasteiger partial charge in [-0.3, -0.25) is 19.4 Å². The zero-order chi connectivity index (χ0) is 26.9. The first-order valence-electron chi connectivity index (χ1n) is 11.9. The molecule has 0 saturated carbocycles. The van der Waals surface area contributed by atoms with E-state index in [9.17, 15) is 19.5 Å². The lowest BCUT2D eigenvalue weighted by atomic mass is 10.0. The number of quaternary nitrogens is 1. The number of nitrogens with one attached hydrogen (secondary N) is 1. The number of nitrogens with two attached hydrogens (primary N) is 1. The van der Waals surface area contributed by atoms with Gasteiger partial charge in [-0.05, 0) is 11.6 Å². The molecule has 200 valence electrons. The normalized spacial score (nSPS) is 28.6. The number of aromatic nitrogens is 2. The molecule has 6 heterocycles. The van der Waals surface area contributed by atoms with Crippen molar-refractivity contribution in [3.8, 4) is 6.07 Å². The number of hydrogen-bond donors (Lipinski definition) is 2. The maximum atomic E-state index is 13.0. The summed E-state index contributed by atoms with van der Waals surface area (Å²) in [4.78, 5) is 50.4. The van der Waals surface area contributed by atoms with E-state index in [0.717, 1.165) is 66.7 Å². The van der Waals surface area contributed by atoms with Crippen molar-refractivity contribution in [2.75, 3.05) is 63.9 Å². The minimum atomic E-state index is -1.44. The zero-order valence-electron chi connectivity index (χ0n) is 20.2. The third-order valence-corrected chi connectivity index (χ3v) is 8.96. The van der Waals surface area contributed by atoms with Crippen molar-refractivity contribution in [1.29, 1.82) is 5.26 Å². The molecule has 1 aromatic rings. The van der Waals surface area contributed by atoms with Gasteiger partial charge in [-0.2, -0.15) is 14.6 Å². The Kier molecular flexibility index (Phi) is 7.34. The van der Waals surface area contributed by atoms with Crippen molar-refractivity contribution in [2.45, 2.75) is 11.4 Å². The molecule has 38 heavy (non-hydrogen) atoms. The van der Waals surface area contributed by atoms with Gasteiger partial charge in [0.25, 0.3) is 11.8 Å². The van der Waals surface area contributed by atoms with Gasteiger partial charge in [0.05, 0.1) is 37.8 Å². The quantitative estimate of drug-likeness (QED) is 0.107. The Morgan fingerprint density at radius 2 is 2.08 bits per heavy atom. The lowest BCUT2D eigenvalue weighted by molar-refractivity contribution is -0.935. The number of thioether (sulfide) groups is 1. The van der Waals surface area contributed by atoms with Gasteiger partial charge in [0.1, 0.15) is 17.5 Å². The minimum absolute atomic E-state index is 0.0891. The second-order valence-electron chi connectivity index (χ2n) is 9.29. The zero-order valence-corrected chi connectivity index (χ0v) is 21.9. The van der Waals surface area contributed by atoms with Crippen LogP contribution in [0.25, 0.3) is 0 Å². The number of nitrogens with zero attached hydrogens (tertiary/aromatic N) is 7. The van der Waals surface area contributed by atoms with Crippen molar-refractivity contribution >= 4 is 51.9 Å². The molecule has 0 radical (unpaired) electrons. The Bertz CT molecular complexity index is 1260. The summed E-state index contributed by atoms with van der Waals surface area (Å²) in [5.74, 6) is -2.63. The van der Waals surface area contributed by atoms with Crippen LogP contribution in [0.2, 0.25) is 0 Å². The van der Waals surface area contributed by atoms with Crippen LogP contribution in [0.3, 0.4) is 0 Å². The number of anilines is 1. The number of allylic oxidation sites excluding steroid dienone is 1. The molecule has 2 amide bonds. The maximum absolute atomic E-state index is 13.0. The summed E-state index contributed by atoms with van der Waals surface area (Å²) in [5, 5.41) is 26.4. The highest BCUT2D eigenvalue weighted by atomic mass is 32.2. The first-order chi connectivity index (χ1) is 18.3. The van der Waals surface area contributed by atoms with Crippen LogP contribution in [-0.2, 0) is 19.2 Å². The SMILES string of the molecule is N#CCO/N=C(\C(=O)N[C@@H]1C(=O)N2C(C(=O)[O-])=C(/C=C/C[N+]34CCN(CC3)CC4)CS[C@H]12)c1nsc(N)n1. The third-order valence-electron chi connectivity index (χ3n) is 7.11. The maximum Gasteiger partial charge on any atom is 0.278 e. The second kappa shape index (κ2) is 10.7. The van der Waals surface area contributed by atoms with Crippen molar-refractivity contribution in [2.24, 2.45) is 5.16 Å². The predicted molar refractivity (Wildman–Crippen MR) is 135 cm³/mol. The molecule has 2 bridgehead atoms. The number of β-lactam (4-membered cyclic amide) rings is 1. The molecule has 5 aliphatic rings. The molecule has 4 fully saturated rings. The van der Waals surface area contributed by atoms with Crippen LogP contribution in [-0.4, -0.2) is 117 Å². The van der Waals surface area contributed by atoms with Crippen molar-refractivity contribution < 1.29 is 28.8 Å². The summed E-state index contributed by atoms with van der Waals surface area (Å²) in [5.41, 5.74) is 5.57. The standard InChI is InChI=1S/C22H25N9O5S2/c23-3-11-36-27-14(17-26-22(24)38-28-17)18(32)25-15-19(33)30-16(21(34)35)13(12-37-20(15)30)2-1-7-31-8-4-29(5-9-31)6-10-31/h1-2,15,20H,4-12H2,(H3-,24,25,26,28,32,34,35)/b2-1+,27-14-/t15-,20-/m1/s1. The number of oxime groups is 1. The number of hydrogen-bond acceptors (Lipinski definition) is 13. The average molecular weight is 560 g/mol. The average Bonchev–Trinajstić information content (AvgIpc) is 3.35. The summed E-state index contributed by atoms with van der Waals surface area (Å²) in [6, 6.07) is 0.716. The number of aliphatic carboxylic acids is 1. The fraction of sp³-hybridized carbons (Fsp3) is 0.500. The number of nitriles is 1. The van der Waals surface area contributed by atoms with Crippen molar-refractivity contribution in [3.05, 3.63) is 29.2 Å². The molecule has 0 aromatic carbocycles. The fourth-order valence-corrected chi connectivity index (χ4v) is 6.79. The number of fused-ring (bicyclic) bond motifs is 4. The molecule has 6 rings (SSSR count). The molecule has 0 spiro atoms. The highest BCUT2D eigenvalue weighted by Crippen LogP contribution is 2.40. The number of rotatable bonds is 9. The van der Waals surface area contributed by atoms with Gasteiger partial charge in [0.2, 0.25) is 18.1 Å². The van der Waals surface area contributed by atoms with E-state index in [1.165, 1.54) is 11.8 Å². The monoisotopic (exact) mass is 559 g/mol. The molecule has 4 saturated heterocycles. The molecular weight excluding hydrogens is 534 g/mol. The number of piperazine rings is 3. The van der Waals surface area contributed by atoms with Gasteiger partial charge in [-0.15, -0.1) is 11.8 Å². The topological polar surface area (TPSA) is 190 Å². The van der Waals surface area contributed by atoms with E-state index < -0.39 is 35.8 Å². The fourth-order valence-electron chi connectivity index (χ4n) is 5.03. The van der Waals surface area contributed by atoms with Gasteiger partial charge in [0.15, 0.2) is 5.13 Å². The molecule has 3 N–H and O–H groups in total. The van der Waals surface area contributed by atoms with E-state index in [4.69, 9.17) is 15.8 Å². The minimum Gasteiger partial charge on any atom is -0.543 e. The number of carbonyl (C=O) groups is 3. The summed E-state index contributed by atoms with van der Waals surface area (Å²) in [6.45, 7) is 6.87. The van der Waals surface area contributed by atoms with Gasteiger partial charge in [-0.25, -0.2) is 0 Å². The number of nitrogen functional groups attached to an aromatic ring is 1. The molecule has 16 heteroatoms. The molecule has 5 aliphatic heterocycles. The Hall–Kier alpha value is -3.52. The molecular formula is C22H25N9O5S2. The Balaban J connectivity index is 1.29. The largest absolute Gasteiger partial charge is 0.543 e. The summed E-state index contributed by atoms with van der Waals surface area (Å²) in [7, 11) is 0. The van der Waals surface area contributed by atoms with Crippen LogP contribution in [0.5, 0.6) is 0 Å². The third kappa shape index (κ3) is 4.97. The molecule has 14 nitrogen and oxygen atoms in total. The highest BCUT2D eigenvalue weighted by Gasteiger charge is 2.53. The van der Waals surface area contributed by atoms with E-state index >= 15 is 0 Å². The highest BCUT2D eigenvalue weighted by molar-refractivity contribution is 8.00. The van der Waals surface area contributed by atoms with E-state index in [-0.39, 0.29) is 22.4 Å². The van der Waals surface area contributed by atoms with Gasteiger partial charge >= 0.3 is 0 Å². The van der Waals surface area contributed by atoms with E-state index in [2.05, 4.69) is 24.7 Å². The summed E-state index contributed by atoms with van der Waals surface area (Å²) in [6.07, 6.45) is 3.79. The number of carboxylic acids is 1. The van der Waals surface area contributed by atoms with E-state index in [1.54, 1.807) is 12.1 Å². The van der Waals surface area contributed by atoms with Crippen LogP contribution in [0.15, 0.2) is 28.6 Å². The van der Waals surface area contributed by atoms with Gasteiger partial charge in [-0.1, -0.05) is 11.2 Å². The summed E-state index contributed by atoms with van der Waals surface area (Å²) < 4.78 is 4.93. The lowest BCUT2D eigenvalue weighted by Crippen LogP contribution is -2.71. The van der Waals surface area contributed by atoms with Crippen LogP contribution in [0, 0.1) is 11.3 Å². The summed E-state index contributed by atoms with van der Waals surface area (Å²) >= 11 is 2.18. The van der Waals surface area contributed by atoms with Gasteiger partial charge < -0.3 is 30.3 Å². The van der Waals surface area contributed by atoms with Crippen LogP contribution in [0.4, 0.5) is 5.13 Å². The van der Waals surface area contributed by atoms with Crippen LogP contribution in [0.1, 0.15) is 5.82 Å². The second-order valence-corrected chi connectivity index (χ2v) is 11.2. The lowest BCUT2D eigenvalue weighted by Gasteiger charge is -2.51. The van der Waals surface area contributed by atoms with Crippen molar-refractivity contribution in [1.82, 2.24) is 24.5 Å². The first kappa shape index (κ1) is 26.1. The predicted octanol–water partition coefficient (Wildman–Crippen LogP) is -2.53. The van der Waals surface area contributed by atoms with E-state index in [0.29, 0.717) is 11.3 Å². The van der Waals surface area contributed by atoms with Gasteiger partial charge in [0, 0.05) is 36.9 Å².